The number of nitrogens with two attached hydrogens (primary N) is 1. The number of rotatable bonds is 12. The second-order valence-corrected chi connectivity index (χ2v) is 8.68. The molecule has 2 aromatic carbocycles. The number of Topliss-reactive ketones (excluding diaryl/α,β-unsaturated/α-hetero) is 2. The van der Waals surface area contributed by atoms with Gasteiger partial charge in [0.05, 0.1) is 24.4 Å². The standard InChI is InChI=1S/C28H29FN4O6/c1-3-8-23(34)25(36)22(14-18-13-19(29)11-12-20(18)28(38)39-4-2)32-24(35)16-33-26(17-9-6-5-7-10-17)31-15-21(30)27(33)37/h5-7,9-13,15,22H,3-4,8,14,16,30H2,1-2H3,(H,32,35). The van der Waals surface area contributed by atoms with Gasteiger partial charge in [-0.1, -0.05) is 37.3 Å². The minimum Gasteiger partial charge on any atom is -0.462 e. The van der Waals surface area contributed by atoms with E-state index in [2.05, 4.69) is 10.3 Å². The normalized spacial score (nSPS) is 11.5. The van der Waals surface area contributed by atoms with Crippen LogP contribution >= 0.6 is 0 Å². The summed E-state index contributed by atoms with van der Waals surface area (Å²) in [5, 5.41) is 2.48. The van der Waals surface area contributed by atoms with Crippen LogP contribution in [0.4, 0.5) is 10.1 Å². The monoisotopic (exact) mass is 536 g/mol. The van der Waals surface area contributed by atoms with Gasteiger partial charge in [0.1, 0.15) is 23.9 Å². The molecule has 1 heterocycles. The Labute approximate surface area is 224 Å². The number of nitrogen functional groups attached to an aromatic ring is 1. The van der Waals surface area contributed by atoms with Crippen LogP contribution < -0.4 is 16.6 Å². The van der Waals surface area contributed by atoms with Crippen LogP contribution in [0.3, 0.4) is 0 Å². The first-order chi connectivity index (χ1) is 18.7. The van der Waals surface area contributed by atoms with Crippen molar-refractivity contribution >= 4 is 29.1 Å². The van der Waals surface area contributed by atoms with Gasteiger partial charge in [0, 0.05) is 18.4 Å². The molecule has 1 atom stereocenters. The van der Waals surface area contributed by atoms with Gasteiger partial charge in [0.25, 0.3) is 5.56 Å². The van der Waals surface area contributed by atoms with Crippen molar-refractivity contribution in [2.45, 2.75) is 45.7 Å². The van der Waals surface area contributed by atoms with Crippen LogP contribution in [0.5, 0.6) is 0 Å². The van der Waals surface area contributed by atoms with Crippen molar-refractivity contribution < 1.29 is 28.3 Å². The first-order valence-corrected chi connectivity index (χ1v) is 12.4. The van der Waals surface area contributed by atoms with Gasteiger partial charge >= 0.3 is 5.97 Å². The molecule has 0 radical (unpaired) electrons. The molecule has 3 rings (SSSR count). The van der Waals surface area contributed by atoms with Crippen molar-refractivity contribution in [3.63, 3.8) is 0 Å². The Hall–Kier alpha value is -4.67. The molecule has 0 spiro atoms. The molecule has 1 amide bonds. The van der Waals surface area contributed by atoms with Crippen molar-refractivity contribution in [1.29, 1.82) is 0 Å². The van der Waals surface area contributed by atoms with E-state index in [9.17, 15) is 28.4 Å². The van der Waals surface area contributed by atoms with Crippen molar-refractivity contribution in [2.75, 3.05) is 12.3 Å². The minimum atomic E-state index is -1.43. The van der Waals surface area contributed by atoms with E-state index in [4.69, 9.17) is 10.5 Å². The largest absolute Gasteiger partial charge is 0.462 e. The number of ketones is 2. The van der Waals surface area contributed by atoms with E-state index >= 15 is 0 Å². The molecule has 0 aliphatic carbocycles. The summed E-state index contributed by atoms with van der Waals surface area (Å²) < 4.78 is 20.2. The highest BCUT2D eigenvalue weighted by Gasteiger charge is 2.29. The van der Waals surface area contributed by atoms with E-state index in [1.807, 2.05) is 0 Å². The summed E-state index contributed by atoms with van der Waals surface area (Å²) in [6.07, 6.45) is 1.16. The van der Waals surface area contributed by atoms with Gasteiger partial charge in [0.2, 0.25) is 17.5 Å². The van der Waals surface area contributed by atoms with Gasteiger partial charge in [-0.05, 0) is 37.1 Å². The molecule has 204 valence electrons. The molecule has 1 unspecified atom stereocenters. The first-order valence-electron chi connectivity index (χ1n) is 12.4. The quantitative estimate of drug-likeness (QED) is 0.265. The molecule has 3 aromatic rings. The highest BCUT2D eigenvalue weighted by molar-refractivity contribution is 6.39. The van der Waals surface area contributed by atoms with E-state index in [0.29, 0.717) is 12.0 Å². The smallest absolute Gasteiger partial charge is 0.338 e. The molecule has 0 aliphatic heterocycles. The number of carbonyl (C=O) groups excluding carboxylic acids is 4. The Bertz CT molecular complexity index is 1440. The number of aromatic nitrogens is 2. The molecule has 39 heavy (non-hydrogen) atoms. The van der Waals surface area contributed by atoms with E-state index in [1.54, 1.807) is 44.2 Å². The van der Waals surface area contributed by atoms with Crippen molar-refractivity contribution in [2.24, 2.45) is 0 Å². The van der Waals surface area contributed by atoms with Crippen LogP contribution in [-0.4, -0.2) is 45.6 Å². The molecule has 0 saturated carbocycles. The summed E-state index contributed by atoms with van der Waals surface area (Å²) >= 11 is 0. The predicted molar refractivity (Wildman–Crippen MR) is 141 cm³/mol. The maximum Gasteiger partial charge on any atom is 0.338 e. The fraction of sp³-hybridized carbons (Fsp3) is 0.286. The summed E-state index contributed by atoms with van der Waals surface area (Å²) in [6.45, 7) is 2.82. The number of anilines is 1. The Morgan fingerprint density at radius 1 is 1.10 bits per heavy atom. The second kappa shape index (κ2) is 13.2. The Balaban J connectivity index is 1.96. The average molecular weight is 537 g/mol. The summed E-state index contributed by atoms with van der Waals surface area (Å²) in [5.74, 6) is -3.69. The fourth-order valence-corrected chi connectivity index (χ4v) is 3.97. The van der Waals surface area contributed by atoms with Crippen LogP contribution in [0, 0.1) is 5.82 Å². The number of hydrogen-bond donors (Lipinski definition) is 2. The summed E-state index contributed by atoms with van der Waals surface area (Å²) in [7, 11) is 0. The van der Waals surface area contributed by atoms with Crippen LogP contribution in [0.1, 0.15) is 42.6 Å². The molecule has 0 bridgehead atoms. The number of benzene rings is 2. The minimum absolute atomic E-state index is 0.00384. The first kappa shape index (κ1) is 28.9. The van der Waals surface area contributed by atoms with Crippen LogP contribution in [0.25, 0.3) is 11.4 Å². The van der Waals surface area contributed by atoms with Crippen LogP contribution in [-0.2, 0) is 32.1 Å². The van der Waals surface area contributed by atoms with Gasteiger partial charge < -0.3 is 15.8 Å². The van der Waals surface area contributed by atoms with E-state index in [0.717, 1.165) is 16.7 Å². The van der Waals surface area contributed by atoms with E-state index in [-0.39, 0.29) is 42.1 Å². The zero-order chi connectivity index (χ0) is 28.5. The van der Waals surface area contributed by atoms with Crippen molar-refractivity contribution in [1.82, 2.24) is 14.9 Å². The number of nitrogens with one attached hydrogen (secondary N) is 1. The lowest BCUT2D eigenvalue weighted by Crippen LogP contribution is -2.47. The Morgan fingerprint density at radius 2 is 1.82 bits per heavy atom. The summed E-state index contributed by atoms with van der Waals surface area (Å²) in [6, 6.07) is 10.5. The molecule has 1 aromatic heterocycles. The zero-order valence-corrected chi connectivity index (χ0v) is 21.6. The molecular formula is C28H29FN4O6. The van der Waals surface area contributed by atoms with Gasteiger partial charge in [-0.15, -0.1) is 0 Å². The average Bonchev–Trinajstić information content (AvgIpc) is 2.91. The number of nitrogens with zero attached hydrogens (tertiary/aromatic N) is 2. The third-order valence-corrected chi connectivity index (χ3v) is 5.80. The summed E-state index contributed by atoms with van der Waals surface area (Å²) in [4.78, 5) is 68.2. The predicted octanol–water partition coefficient (Wildman–Crippen LogP) is 2.47. The Morgan fingerprint density at radius 3 is 2.49 bits per heavy atom. The van der Waals surface area contributed by atoms with E-state index in [1.165, 1.54) is 12.3 Å². The number of carbonyl (C=O) groups is 4. The number of halogens is 1. The number of amides is 1. The second-order valence-electron chi connectivity index (χ2n) is 8.68. The number of esters is 1. The molecule has 0 saturated heterocycles. The maximum atomic E-state index is 14.1. The highest BCUT2D eigenvalue weighted by atomic mass is 19.1. The van der Waals surface area contributed by atoms with Crippen LogP contribution in [0.2, 0.25) is 0 Å². The zero-order valence-electron chi connectivity index (χ0n) is 21.6. The fourth-order valence-electron chi connectivity index (χ4n) is 3.97. The Kier molecular flexibility index (Phi) is 9.80. The molecule has 3 N–H and O–H groups in total. The lowest BCUT2D eigenvalue weighted by atomic mass is 9.95. The topological polar surface area (TPSA) is 150 Å². The van der Waals surface area contributed by atoms with Gasteiger partial charge in [-0.3, -0.25) is 23.7 Å². The molecule has 10 nitrogen and oxygen atoms in total. The van der Waals surface area contributed by atoms with Gasteiger partial charge in [-0.2, -0.15) is 0 Å². The third kappa shape index (κ3) is 7.22. The maximum absolute atomic E-state index is 14.1. The van der Waals surface area contributed by atoms with Crippen molar-refractivity contribution in [3.05, 3.63) is 82.0 Å². The molecule has 11 heteroatoms. The SMILES string of the molecule is CCCC(=O)C(=O)C(Cc1cc(F)ccc1C(=O)OCC)NC(=O)Cn1c(-c2ccccc2)ncc(N)c1=O. The summed E-state index contributed by atoms with van der Waals surface area (Å²) in [5.41, 5.74) is 5.51. The number of hydrogen-bond acceptors (Lipinski definition) is 8. The lowest BCUT2D eigenvalue weighted by molar-refractivity contribution is -0.139. The van der Waals surface area contributed by atoms with E-state index < -0.39 is 47.4 Å². The van der Waals surface area contributed by atoms with Gasteiger partial charge in [-0.25, -0.2) is 14.2 Å². The molecule has 0 fully saturated rings. The number of ether oxygens (including phenoxy) is 1. The molecule has 0 aliphatic rings. The lowest BCUT2D eigenvalue weighted by Gasteiger charge is -2.20. The third-order valence-electron chi connectivity index (χ3n) is 5.80. The van der Waals surface area contributed by atoms with Gasteiger partial charge in [0.15, 0.2) is 0 Å². The highest BCUT2D eigenvalue weighted by Crippen LogP contribution is 2.18. The molecular weight excluding hydrogens is 507 g/mol. The van der Waals surface area contributed by atoms with Crippen LogP contribution in [0.15, 0.2) is 59.5 Å². The van der Waals surface area contributed by atoms with Crippen molar-refractivity contribution in [3.8, 4) is 11.4 Å².